The van der Waals surface area contributed by atoms with Crippen molar-refractivity contribution in [3.63, 3.8) is 0 Å². The number of ether oxygens (including phenoxy) is 1. The number of fused-ring (bicyclic) bond motifs is 1. The van der Waals surface area contributed by atoms with Crippen molar-refractivity contribution in [3.8, 4) is 5.75 Å². The molecular weight excluding hydrogens is 438 g/mol. The Kier molecular flexibility index (Phi) is 6.91. The third-order valence-electron chi connectivity index (χ3n) is 6.78. The van der Waals surface area contributed by atoms with Gasteiger partial charge in [0.2, 0.25) is 0 Å². The normalized spacial score (nSPS) is 22.5. The molecule has 1 aliphatic carbocycles. The summed E-state index contributed by atoms with van der Waals surface area (Å²) in [4.78, 5) is 25.0. The number of benzene rings is 1. The number of halogens is 1. The summed E-state index contributed by atoms with van der Waals surface area (Å²) in [6, 6.07) is 6.74. The molecule has 1 saturated carbocycles. The number of hydrogen-bond donors (Lipinski definition) is 3. The summed E-state index contributed by atoms with van der Waals surface area (Å²) >= 11 is 0. The highest BCUT2D eigenvalue weighted by Crippen LogP contribution is 2.40. The fraction of sp³-hybridized carbons (Fsp3) is 0.480. The molecule has 2 fully saturated rings. The van der Waals surface area contributed by atoms with E-state index < -0.39 is 5.54 Å². The van der Waals surface area contributed by atoms with Crippen LogP contribution < -0.4 is 15.4 Å². The maximum absolute atomic E-state index is 13.6. The van der Waals surface area contributed by atoms with Crippen molar-refractivity contribution in [1.29, 1.82) is 0 Å². The second kappa shape index (κ2) is 9.69. The van der Waals surface area contributed by atoms with Crippen LogP contribution in [-0.4, -0.2) is 40.1 Å². The zero-order chi connectivity index (χ0) is 22.1. The molecule has 5 rings (SSSR count). The van der Waals surface area contributed by atoms with Crippen LogP contribution >= 0.6 is 12.4 Å². The van der Waals surface area contributed by atoms with Crippen LogP contribution in [0.15, 0.2) is 36.9 Å². The molecule has 0 radical (unpaired) electrons. The minimum atomic E-state index is -0.511. The maximum atomic E-state index is 13.6. The van der Waals surface area contributed by atoms with Gasteiger partial charge in [-0.05, 0) is 69.2 Å². The molecule has 8 heteroatoms. The first kappa shape index (κ1) is 23.5. The van der Waals surface area contributed by atoms with Crippen molar-refractivity contribution in [2.75, 3.05) is 13.2 Å². The Morgan fingerprint density at radius 2 is 2.18 bits per heavy atom. The third-order valence-corrected chi connectivity index (χ3v) is 6.78. The van der Waals surface area contributed by atoms with Crippen LogP contribution in [0.4, 0.5) is 0 Å². The number of H-pyrrole nitrogens is 1. The van der Waals surface area contributed by atoms with E-state index in [0.717, 1.165) is 49.2 Å². The number of aromatic nitrogens is 3. The van der Waals surface area contributed by atoms with E-state index in [0.29, 0.717) is 17.0 Å². The number of piperidine rings is 1. The number of aromatic amines is 1. The molecule has 1 aliphatic heterocycles. The molecule has 2 atom stereocenters. The number of hydrogen-bond acceptors (Lipinski definition) is 5. The minimum absolute atomic E-state index is 0. The quantitative estimate of drug-likeness (QED) is 0.484. The third kappa shape index (κ3) is 4.84. The van der Waals surface area contributed by atoms with Crippen LogP contribution in [0.25, 0.3) is 11.0 Å². The molecule has 7 nitrogen and oxygen atoms in total. The molecule has 2 unspecified atom stereocenters. The number of amides is 1. The molecule has 0 spiro atoms. The van der Waals surface area contributed by atoms with Gasteiger partial charge in [-0.25, -0.2) is 9.97 Å². The fourth-order valence-electron chi connectivity index (χ4n) is 4.77. The summed E-state index contributed by atoms with van der Waals surface area (Å²) in [6.45, 7) is 5.91. The zero-order valence-electron chi connectivity index (χ0n) is 19.2. The largest absolute Gasteiger partial charge is 0.493 e. The number of nitrogens with one attached hydrogen (secondary N) is 3. The van der Waals surface area contributed by atoms with Gasteiger partial charge in [0.1, 0.15) is 17.6 Å². The van der Waals surface area contributed by atoms with Gasteiger partial charge >= 0.3 is 0 Å². The van der Waals surface area contributed by atoms with Crippen molar-refractivity contribution in [2.24, 2.45) is 5.92 Å². The monoisotopic (exact) mass is 469 g/mol. The Bertz CT molecular complexity index is 1130. The standard InChI is InChI=1S/C25H31N5O2.ClH/c1-3-17-6-7-22(32-14-18-4-5-18)20(10-17)25(8-9-27-16(2)11-25)30-24(31)19-12-28-21-13-26-15-29-23(19)21;/h6-7,10,12-13,15-16,18,27-28H,3-5,8-9,11,14H2,1-2H3,(H,30,31);1H. The van der Waals surface area contributed by atoms with Crippen molar-refractivity contribution in [2.45, 2.75) is 57.5 Å². The van der Waals surface area contributed by atoms with Gasteiger partial charge in [0.05, 0.1) is 29.4 Å². The Balaban J connectivity index is 0.00000259. The van der Waals surface area contributed by atoms with E-state index in [4.69, 9.17) is 4.74 Å². The lowest BCUT2D eigenvalue weighted by Crippen LogP contribution is -2.55. The summed E-state index contributed by atoms with van der Waals surface area (Å²) in [6.07, 6.45) is 9.91. The number of rotatable bonds is 7. The molecule has 3 aromatic rings. The SMILES string of the molecule is CCc1ccc(OCC2CC2)c(C2(NC(=O)c3c[nH]c4cncnc34)CCNC(C)C2)c1.Cl. The van der Waals surface area contributed by atoms with Crippen LogP contribution in [-0.2, 0) is 12.0 Å². The first-order valence-corrected chi connectivity index (χ1v) is 11.7. The lowest BCUT2D eigenvalue weighted by Gasteiger charge is -2.42. The molecule has 2 aliphatic rings. The van der Waals surface area contributed by atoms with Crippen molar-refractivity contribution >= 4 is 29.3 Å². The van der Waals surface area contributed by atoms with Gasteiger partial charge in [-0.3, -0.25) is 4.79 Å². The molecule has 2 aromatic heterocycles. The summed E-state index contributed by atoms with van der Waals surface area (Å²) < 4.78 is 6.32. The molecule has 1 saturated heterocycles. The van der Waals surface area contributed by atoms with Gasteiger partial charge in [0, 0.05) is 17.8 Å². The zero-order valence-corrected chi connectivity index (χ0v) is 20.0. The topological polar surface area (TPSA) is 91.9 Å². The van der Waals surface area contributed by atoms with Gasteiger partial charge in [-0.15, -0.1) is 12.4 Å². The van der Waals surface area contributed by atoms with Crippen LogP contribution in [0.5, 0.6) is 5.75 Å². The Morgan fingerprint density at radius 3 is 2.94 bits per heavy atom. The van der Waals surface area contributed by atoms with Crippen molar-refractivity contribution < 1.29 is 9.53 Å². The van der Waals surface area contributed by atoms with Crippen LogP contribution in [0, 0.1) is 5.92 Å². The second-order valence-corrected chi connectivity index (χ2v) is 9.27. The summed E-state index contributed by atoms with van der Waals surface area (Å²) in [7, 11) is 0. The molecule has 176 valence electrons. The maximum Gasteiger partial charge on any atom is 0.255 e. The predicted octanol–water partition coefficient (Wildman–Crippen LogP) is 4.13. The highest BCUT2D eigenvalue weighted by molar-refractivity contribution is 6.05. The van der Waals surface area contributed by atoms with Crippen molar-refractivity contribution in [3.05, 3.63) is 53.6 Å². The molecule has 33 heavy (non-hydrogen) atoms. The lowest BCUT2D eigenvalue weighted by atomic mass is 9.77. The van der Waals surface area contributed by atoms with E-state index in [1.165, 1.54) is 24.7 Å². The Hall–Kier alpha value is -2.64. The molecule has 3 heterocycles. The highest BCUT2D eigenvalue weighted by atomic mass is 35.5. The van der Waals surface area contributed by atoms with E-state index in [1.54, 1.807) is 12.4 Å². The van der Waals surface area contributed by atoms with Gasteiger partial charge in [-0.2, -0.15) is 0 Å². The summed E-state index contributed by atoms with van der Waals surface area (Å²) in [5.74, 6) is 1.43. The number of aryl methyl sites for hydroxylation is 1. The molecule has 3 N–H and O–H groups in total. The number of carbonyl (C=O) groups is 1. The summed E-state index contributed by atoms with van der Waals surface area (Å²) in [5.41, 5.74) is 3.77. The molecular formula is C25H32ClN5O2. The second-order valence-electron chi connectivity index (χ2n) is 9.27. The van der Waals surface area contributed by atoms with E-state index in [1.807, 2.05) is 0 Å². The smallest absolute Gasteiger partial charge is 0.255 e. The predicted molar refractivity (Wildman–Crippen MR) is 131 cm³/mol. The van der Waals surface area contributed by atoms with E-state index in [-0.39, 0.29) is 24.4 Å². The molecule has 1 aromatic carbocycles. The van der Waals surface area contributed by atoms with Gasteiger partial charge in [0.15, 0.2) is 0 Å². The van der Waals surface area contributed by atoms with Crippen molar-refractivity contribution in [1.82, 2.24) is 25.6 Å². The van der Waals surface area contributed by atoms with Crippen LogP contribution in [0.3, 0.4) is 0 Å². The lowest BCUT2D eigenvalue weighted by molar-refractivity contribution is 0.0856. The van der Waals surface area contributed by atoms with Gasteiger partial charge in [-0.1, -0.05) is 13.0 Å². The Labute approximate surface area is 200 Å². The number of nitrogens with zero attached hydrogens (tertiary/aromatic N) is 2. The highest BCUT2D eigenvalue weighted by Gasteiger charge is 2.41. The number of carbonyl (C=O) groups excluding carboxylic acids is 1. The fourth-order valence-corrected chi connectivity index (χ4v) is 4.77. The van der Waals surface area contributed by atoms with E-state index in [2.05, 4.69) is 57.6 Å². The first-order valence-electron chi connectivity index (χ1n) is 11.7. The van der Waals surface area contributed by atoms with E-state index >= 15 is 0 Å². The average Bonchev–Trinajstić information content (AvgIpc) is 3.53. The van der Waals surface area contributed by atoms with Gasteiger partial charge in [0.25, 0.3) is 5.91 Å². The van der Waals surface area contributed by atoms with Gasteiger partial charge < -0.3 is 20.4 Å². The summed E-state index contributed by atoms with van der Waals surface area (Å²) in [5, 5.41) is 6.96. The van der Waals surface area contributed by atoms with Crippen LogP contribution in [0.2, 0.25) is 0 Å². The Morgan fingerprint density at radius 1 is 1.33 bits per heavy atom. The molecule has 0 bridgehead atoms. The average molecular weight is 470 g/mol. The van der Waals surface area contributed by atoms with Crippen LogP contribution in [0.1, 0.15) is 61.0 Å². The van der Waals surface area contributed by atoms with E-state index in [9.17, 15) is 4.79 Å². The molecule has 1 amide bonds. The first-order chi connectivity index (χ1) is 15.6. The minimum Gasteiger partial charge on any atom is -0.493 e.